The van der Waals surface area contributed by atoms with E-state index in [2.05, 4.69) is 50.6 Å². The summed E-state index contributed by atoms with van der Waals surface area (Å²) in [5.74, 6) is 1.48. The van der Waals surface area contributed by atoms with Crippen LogP contribution < -0.4 is 4.74 Å². The molecule has 0 amide bonds. The van der Waals surface area contributed by atoms with Gasteiger partial charge in [0.15, 0.2) is 17.3 Å². The van der Waals surface area contributed by atoms with E-state index in [4.69, 9.17) is 4.74 Å². The summed E-state index contributed by atoms with van der Waals surface area (Å²) in [4.78, 5) is 2.28. The summed E-state index contributed by atoms with van der Waals surface area (Å²) in [5, 5.41) is 24.6. The molecule has 0 unspecified atom stereocenters. The first kappa shape index (κ1) is 16.5. The second-order valence-corrected chi connectivity index (χ2v) is 6.50. The van der Waals surface area contributed by atoms with Crippen molar-refractivity contribution in [2.75, 3.05) is 19.7 Å². The van der Waals surface area contributed by atoms with Crippen LogP contribution in [0.5, 0.6) is 11.5 Å². The number of aryl methyl sites for hydroxylation is 1. The molecule has 3 aromatic rings. The highest BCUT2D eigenvalue weighted by Crippen LogP contribution is 2.38. The van der Waals surface area contributed by atoms with E-state index < -0.39 is 0 Å². The molecular formula is C19H21N5O2. The van der Waals surface area contributed by atoms with Gasteiger partial charge in [-0.15, -0.1) is 10.2 Å². The summed E-state index contributed by atoms with van der Waals surface area (Å²) in [7, 11) is 0. The molecule has 0 bridgehead atoms. The maximum absolute atomic E-state index is 10.5. The fraction of sp³-hybridized carbons (Fsp3) is 0.316. The molecule has 2 N–H and O–H groups in total. The van der Waals surface area contributed by atoms with Gasteiger partial charge in [-0.3, -0.25) is 4.90 Å². The summed E-state index contributed by atoms with van der Waals surface area (Å²) in [6.45, 7) is 4.91. The van der Waals surface area contributed by atoms with Crippen molar-refractivity contribution in [2.45, 2.75) is 19.9 Å². The van der Waals surface area contributed by atoms with E-state index >= 15 is 0 Å². The molecule has 0 spiro atoms. The average molecular weight is 351 g/mol. The van der Waals surface area contributed by atoms with Gasteiger partial charge in [0, 0.05) is 31.6 Å². The van der Waals surface area contributed by atoms with Crippen molar-refractivity contribution in [3.8, 4) is 22.6 Å². The number of fused-ring (bicyclic) bond motifs is 1. The summed E-state index contributed by atoms with van der Waals surface area (Å²) < 4.78 is 5.83. The quantitative estimate of drug-likeness (QED) is 0.750. The fourth-order valence-corrected chi connectivity index (χ4v) is 3.34. The predicted molar refractivity (Wildman–Crippen MR) is 96.9 cm³/mol. The third kappa shape index (κ3) is 3.39. The number of nitrogens with zero attached hydrogens (tertiary/aromatic N) is 4. The Kier molecular flexibility index (Phi) is 4.53. The van der Waals surface area contributed by atoms with Gasteiger partial charge in [-0.2, -0.15) is 5.21 Å². The Balaban J connectivity index is 1.60. The van der Waals surface area contributed by atoms with Crippen LogP contribution in [0.2, 0.25) is 0 Å². The SMILES string of the molecule is Cc1ccccc1-c1cc(O)c2c(c1)CN(CCc1nn[nH]n1)CCO2. The molecule has 0 saturated heterocycles. The van der Waals surface area contributed by atoms with E-state index in [9.17, 15) is 5.11 Å². The molecule has 134 valence electrons. The largest absolute Gasteiger partial charge is 0.504 e. The number of rotatable bonds is 4. The van der Waals surface area contributed by atoms with E-state index in [0.717, 1.165) is 36.2 Å². The van der Waals surface area contributed by atoms with Gasteiger partial charge in [0.05, 0.1) is 0 Å². The monoisotopic (exact) mass is 351 g/mol. The lowest BCUT2D eigenvalue weighted by molar-refractivity contribution is 0.224. The highest BCUT2D eigenvalue weighted by molar-refractivity contribution is 5.71. The maximum Gasteiger partial charge on any atom is 0.175 e. The molecule has 0 aliphatic carbocycles. The van der Waals surface area contributed by atoms with Gasteiger partial charge in [0.25, 0.3) is 0 Å². The lowest BCUT2D eigenvalue weighted by Gasteiger charge is -2.18. The van der Waals surface area contributed by atoms with E-state index in [1.807, 2.05) is 12.1 Å². The molecule has 0 radical (unpaired) electrons. The summed E-state index contributed by atoms with van der Waals surface area (Å²) in [6, 6.07) is 12.1. The molecule has 26 heavy (non-hydrogen) atoms. The molecule has 7 heteroatoms. The molecule has 0 saturated carbocycles. The van der Waals surface area contributed by atoms with Crippen molar-refractivity contribution >= 4 is 0 Å². The molecule has 0 atom stereocenters. The fourth-order valence-electron chi connectivity index (χ4n) is 3.34. The summed E-state index contributed by atoms with van der Waals surface area (Å²) in [6.07, 6.45) is 0.718. The third-order valence-corrected chi connectivity index (χ3v) is 4.69. The van der Waals surface area contributed by atoms with Crippen LogP contribution >= 0.6 is 0 Å². The zero-order valence-electron chi connectivity index (χ0n) is 14.6. The molecule has 2 heterocycles. The van der Waals surface area contributed by atoms with Gasteiger partial charge in [-0.1, -0.05) is 29.5 Å². The Bertz CT molecular complexity index is 895. The maximum atomic E-state index is 10.5. The van der Waals surface area contributed by atoms with Crippen molar-refractivity contribution in [2.24, 2.45) is 0 Å². The van der Waals surface area contributed by atoms with Crippen LogP contribution in [0.25, 0.3) is 11.1 Å². The van der Waals surface area contributed by atoms with E-state index in [1.54, 1.807) is 6.07 Å². The zero-order chi connectivity index (χ0) is 17.9. The zero-order valence-corrected chi connectivity index (χ0v) is 14.6. The number of tetrazole rings is 1. The normalized spacial score (nSPS) is 14.5. The van der Waals surface area contributed by atoms with Crippen LogP contribution in [0.4, 0.5) is 0 Å². The molecule has 0 fully saturated rings. The number of phenols is 1. The number of ether oxygens (including phenoxy) is 1. The van der Waals surface area contributed by atoms with Gasteiger partial charge in [-0.05, 0) is 35.7 Å². The van der Waals surface area contributed by atoms with Gasteiger partial charge >= 0.3 is 0 Å². The van der Waals surface area contributed by atoms with Gasteiger partial charge in [-0.25, -0.2) is 0 Å². The number of nitrogens with one attached hydrogen (secondary N) is 1. The molecular weight excluding hydrogens is 330 g/mol. The average Bonchev–Trinajstić information content (AvgIpc) is 3.06. The van der Waals surface area contributed by atoms with Gasteiger partial charge in [0.2, 0.25) is 0 Å². The number of aromatic nitrogens is 4. The molecule has 7 nitrogen and oxygen atoms in total. The topological polar surface area (TPSA) is 87.2 Å². The minimum Gasteiger partial charge on any atom is -0.504 e. The van der Waals surface area contributed by atoms with E-state index in [0.29, 0.717) is 24.7 Å². The lowest BCUT2D eigenvalue weighted by Crippen LogP contribution is -2.28. The summed E-state index contributed by atoms with van der Waals surface area (Å²) >= 11 is 0. The Hall–Kier alpha value is -2.93. The summed E-state index contributed by atoms with van der Waals surface area (Å²) in [5.41, 5.74) is 4.29. The van der Waals surface area contributed by atoms with Crippen LogP contribution in [0, 0.1) is 6.92 Å². The van der Waals surface area contributed by atoms with Crippen molar-refractivity contribution in [1.82, 2.24) is 25.5 Å². The predicted octanol–water partition coefficient (Wildman–Crippen LogP) is 2.32. The third-order valence-electron chi connectivity index (χ3n) is 4.69. The second-order valence-electron chi connectivity index (χ2n) is 6.50. The van der Waals surface area contributed by atoms with Crippen molar-refractivity contribution in [3.63, 3.8) is 0 Å². The van der Waals surface area contributed by atoms with E-state index in [1.165, 1.54) is 5.56 Å². The van der Waals surface area contributed by atoms with E-state index in [-0.39, 0.29) is 5.75 Å². The minimum absolute atomic E-state index is 0.195. The highest BCUT2D eigenvalue weighted by atomic mass is 16.5. The highest BCUT2D eigenvalue weighted by Gasteiger charge is 2.20. The molecule has 4 rings (SSSR count). The van der Waals surface area contributed by atoms with Crippen LogP contribution in [0.15, 0.2) is 36.4 Å². The van der Waals surface area contributed by atoms with Crippen LogP contribution in [0.1, 0.15) is 17.0 Å². The van der Waals surface area contributed by atoms with Crippen molar-refractivity contribution < 1.29 is 9.84 Å². The second kappa shape index (κ2) is 7.13. The Labute approximate surface area is 151 Å². The van der Waals surface area contributed by atoms with Crippen molar-refractivity contribution in [1.29, 1.82) is 0 Å². The number of H-pyrrole nitrogens is 1. The number of benzene rings is 2. The molecule has 2 aromatic carbocycles. The van der Waals surface area contributed by atoms with Crippen LogP contribution in [-0.2, 0) is 13.0 Å². The first-order valence-corrected chi connectivity index (χ1v) is 8.70. The molecule has 1 aromatic heterocycles. The van der Waals surface area contributed by atoms with Crippen molar-refractivity contribution in [3.05, 3.63) is 53.3 Å². The number of hydrogen-bond donors (Lipinski definition) is 2. The smallest absolute Gasteiger partial charge is 0.175 e. The lowest BCUT2D eigenvalue weighted by atomic mass is 9.98. The number of aromatic amines is 1. The Morgan fingerprint density at radius 2 is 2.15 bits per heavy atom. The van der Waals surface area contributed by atoms with Crippen LogP contribution in [-0.4, -0.2) is 50.3 Å². The Morgan fingerprint density at radius 1 is 1.27 bits per heavy atom. The van der Waals surface area contributed by atoms with Gasteiger partial charge in [0.1, 0.15) is 6.61 Å². The standard InChI is InChI=1S/C19H21N5O2/c1-13-4-2-3-5-16(13)14-10-15-12-24(7-6-18-20-22-23-21-18)8-9-26-19(15)17(25)11-14/h2-5,10-11,25H,6-9,12H2,1H3,(H,20,21,22,23). The van der Waals surface area contributed by atoms with Gasteiger partial charge < -0.3 is 9.84 Å². The first-order chi connectivity index (χ1) is 12.7. The number of aromatic hydroxyl groups is 1. The van der Waals surface area contributed by atoms with Crippen LogP contribution in [0.3, 0.4) is 0 Å². The molecule has 1 aliphatic rings. The number of hydrogen-bond acceptors (Lipinski definition) is 6. The Morgan fingerprint density at radius 3 is 2.96 bits per heavy atom. The molecule has 1 aliphatic heterocycles. The first-order valence-electron chi connectivity index (χ1n) is 8.70. The number of phenolic OH excluding ortho intramolecular Hbond substituents is 1. The minimum atomic E-state index is 0.195.